The lowest BCUT2D eigenvalue weighted by Gasteiger charge is -2.29. The Hall–Kier alpha value is -1.68. The summed E-state index contributed by atoms with van der Waals surface area (Å²) >= 11 is 0. The Morgan fingerprint density at radius 2 is 1.82 bits per heavy atom. The number of rotatable bonds is 1. The number of nitrogens with zero attached hydrogens (tertiary/aromatic N) is 1. The van der Waals surface area contributed by atoms with Gasteiger partial charge in [0.2, 0.25) is 5.91 Å². The molecule has 0 fully saturated rings. The Morgan fingerprint density at radius 3 is 2.35 bits per heavy atom. The highest BCUT2D eigenvalue weighted by atomic mass is 16.2. The lowest BCUT2D eigenvalue weighted by atomic mass is 9.79. The van der Waals surface area contributed by atoms with E-state index < -0.39 is 0 Å². The summed E-state index contributed by atoms with van der Waals surface area (Å²) in [4.78, 5) is 11.2. The van der Waals surface area contributed by atoms with Crippen LogP contribution in [0.3, 0.4) is 0 Å². The lowest BCUT2D eigenvalue weighted by Crippen LogP contribution is -2.39. The highest BCUT2D eigenvalue weighted by Gasteiger charge is 2.32. The minimum Gasteiger partial charge on any atom is -0.333 e. The third-order valence-electron chi connectivity index (χ3n) is 2.58. The topological polar surface area (TPSA) is 67.5 Å². The number of nitrogens with two attached hydrogens (primary N) is 1. The summed E-state index contributed by atoms with van der Waals surface area (Å²) < 4.78 is 0. The second-order valence-electron chi connectivity index (χ2n) is 4.42. The molecule has 4 nitrogen and oxygen atoms in total. The molecule has 1 aliphatic heterocycles. The zero-order chi connectivity index (χ0) is 12.9. The van der Waals surface area contributed by atoms with Crippen LogP contribution in [0.4, 0.5) is 0 Å². The van der Waals surface area contributed by atoms with E-state index in [0.717, 1.165) is 11.3 Å². The maximum absolute atomic E-state index is 11.2. The fraction of sp³-hybridized carbons (Fsp3) is 0.385. The Bertz CT molecular complexity index is 410. The molecule has 0 aromatic heterocycles. The first-order valence-corrected chi connectivity index (χ1v) is 5.60. The van der Waals surface area contributed by atoms with Crippen LogP contribution < -0.4 is 11.2 Å². The first kappa shape index (κ1) is 13.4. The van der Waals surface area contributed by atoms with Crippen molar-refractivity contribution < 1.29 is 4.79 Å². The van der Waals surface area contributed by atoms with Crippen molar-refractivity contribution in [3.63, 3.8) is 0 Å². The van der Waals surface area contributed by atoms with E-state index in [1.54, 1.807) is 0 Å². The third-order valence-corrected chi connectivity index (χ3v) is 2.58. The highest BCUT2D eigenvalue weighted by molar-refractivity contribution is 6.07. The number of carbonyl (C=O) groups excluding carboxylic acids is 1. The largest absolute Gasteiger partial charge is 0.333 e. The molecule has 1 aliphatic rings. The molecule has 17 heavy (non-hydrogen) atoms. The molecule has 0 atom stereocenters. The van der Waals surface area contributed by atoms with Gasteiger partial charge in [0, 0.05) is 11.8 Å². The molecular weight excluding hydrogens is 214 g/mol. The number of nitrogens with one attached hydrogen (secondary N) is 1. The van der Waals surface area contributed by atoms with Crippen LogP contribution in [0.1, 0.15) is 25.8 Å². The summed E-state index contributed by atoms with van der Waals surface area (Å²) in [5.41, 5.74) is 8.86. The Morgan fingerprint density at radius 1 is 1.24 bits per heavy atom. The summed E-state index contributed by atoms with van der Waals surface area (Å²) in [7, 11) is 1.50. The van der Waals surface area contributed by atoms with Crippen molar-refractivity contribution in [1.82, 2.24) is 5.43 Å². The fourth-order valence-corrected chi connectivity index (χ4v) is 1.85. The van der Waals surface area contributed by atoms with Crippen LogP contribution in [0.15, 0.2) is 35.4 Å². The Labute approximate surface area is 102 Å². The minimum absolute atomic E-state index is 0.0142. The summed E-state index contributed by atoms with van der Waals surface area (Å²) in [5, 5.41) is 4.15. The van der Waals surface area contributed by atoms with Crippen LogP contribution in [-0.4, -0.2) is 18.7 Å². The molecule has 0 bridgehead atoms. The van der Waals surface area contributed by atoms with Gasteiger partial charge in [0.05, 0.1) is 5.71 Å². The first-order chi connectivity index (χ1) is 8.09. The van der Waals surface area contributed by atoms with Gasteiger partial charge in [-0.05, 0) is 12.6 Å². The van der Waals surface area contributed by atoms with Crippen molar-refractivity contribution >= 4 is 11.6 Å². The SMILES string of the molecule is CC1(C)CC(=O)NN=C1c1ccccc1.CN. The molecule has 1 aromatic rings. The summed E-state index contributed by atoms with van der Waals surface area (Å²) in [6.45, 7) is 4.08. The van der Waals surface area contributed by atoms with E-state index in [1.165, 1.54) is 7.05 Å². The molecule has 1 aromatic carbocycles. The van der Waals surface area contributed by atoms with Gasteiger partial charge in [-0.25, -0.2) is 5.43 Å². The van der Waals surface area contributed by atoms with Crippen LogP contribution >= 0.6 is 0 Å². The maximum Gasteiger partial charge on any atom is 0.241 e. The van der Waals surface area contributed by atoms with E-state index in [4.69, 9.17) is 0 Å². The molecule has 0 spiro atoms. The number of benzene rings is 1. The van der Waals surface area contributed by atoms with Crippen molar-refractivity contribution in [3.8, 4) is 0 Å². The Kier molecular flexibility index (Phi) is 4.40. The van der Waals surface area contributed by atoms with Gasteiger partial charge in [0.15, 0.2) is 0 Å². The average molecular weight is 233 g/mol. The van der Waals surface area contributed by atoms with Crippen molar-refractivity contribution in [2.24, 2.45) is 16.3 Å². The van der Waals surface area contributed by atoms with Crippen LogP contribution in [0, 0.1) is 5.41 Å². The molecule has 0 unspecified atom stereocenters. The second-order valence-corrected chi connectivity index (χ2v) is 4.42. The smallest absolute Gasteiger partial charge is 0.241 e. The van der Waals surface area contributed by atoms with E-state index in [9.17, 15) is 4.79 Å². The normalized spacial score (nSPS) is 17.4. The standard InChI is InChI=1S/C12H14N2O.CH5N/c1-12(2)8-10(15)13-14-11(12)9-6-4-3-5-7-9;1-2/h3-7H,8H2,1-2H3,(H,13,15);2H2,1H3. The molecule has 1 heterocycles. The molecule has 2 rings (SSSR count). The van der Waals surface area contributed by atoms with Gasteiger partial charge in [0.1, 0.15) is 0 Å². The van der Waals surface area contributed by atoms with E-state index in [-0.39, 0.29) is 11.3 Å². The van der Waals surface area contributed by atoms with E-state index in [2.05, 4.69) is 16.3 Å². The van der Waals surface area contributed by atoms with Crippen molar-refractivity contribution in [3.05, 3.63) is 35.9 Å². The predicted molar refractivity (Wildman–Crippen MR) is 69.6 cm³/mol. The van der Waals surface area contributed by atoms with E-state index >= 15 is 0 Å². The van der Waals surface area contributed by atoms with E-state index in [1.807, 2.05) is 44.2 Å². The number of hydrogen-bond acceptors (Lipinski definition) is 3. The Balaban J connectivity index is 0.000000686. The number of amides is 1. The van der Waals surface area contributed by atoms with Crippen molar-refractivity contribution in [2.75, 3.05) is 7.05 Å². The average Bonchev–Trinajstić information content (AvgIpc) is 2.31. The monoisotopic (exact) mass is 233 g/mol. The molecule has 4 heteroatoms. The molecule has 0 saturated carbocycles. The molecule has 3 N–H and O–H groups in total. The van der Waals surface area contributed by atoms with Gasteiger partial charge in [-0.15, -0.1) is 0 Å². The fourth-order valence-electron chi connectivity index (χ4n) is 1.85. The van der Waals surface area contributed by atoms with Crippen LogP contribution in [0.5, 0.6) is 0 Å². The van der Waals surface area contributed by atoms with Crippen molar-refractivity contribution in [1.29, 1.82) is 0 Å². The summed E-state index contributed by atoms with van der Waals surface area (Å²) in [5.74, 6) is -0.0142. The highest BCUT2D eigenvalue weighted by Crippen LogP contribution is 2.28. The van der Waals surface area contributed by atoms with Gasteiger partial charge >= 0.3 is 0 Å². The van der Waals surface area contributed by atoms with E-state index in [0.29, 0.717) is 6.42 Å². The van der Waals surface area contributed by atoms with Gasteiger partial charge in [-0.3, -0.25) is 4.79 Å². The summed E-state index contributed by atoms with van der Waals surface area (Å²) in [6.07, 6.45) is 0.487. The molecule has 0 aliphatic carbocycles. The second kappa shape index (κ2) is 5.59. The molecule has 0 saturated heterocycles. The predicted octanol–water partition coefficient (Wildman–Crippen LogP) is 1.51. The lowest BCUT2D eigenvalue weighted by molar-refractivity contribution is -0.122. The van der Waals surface area contributed by atoms with Crippen LogP contribution in [-0.2, 0) is 4.79 Å². The quantitative estimate of drug-likeness (QED) is 0.772. The minimum atomic E-state index is -0.191. The van der Waals surface area contributed by atoms with Crippen molar-refractivity contribution in [2.45, 2.75) is 20.3 Å². The summed E-state index contributed by atoms with van der Waals surface area (Å²) in [6, 6.07) is 9.95. The maximum atomic E-state index is 11.2. The zero-order valence-electron chi connectivity index (χ0n) is 10.5. The molecule has 1 amide bonds. The van der Waals surface area contributed by atoms with Gasteiger partial charge in [0.25, 0.3) is 0 Å². The number of hydrazone groups is 1. The van der Waals surface area contributed by atoms with Crippen LogP contribution in [0.2, 0.25) is 0 Å². The number of carbonyl (C=O) groups is 1. The molecule has 0 radical (unpaired) electrons. The molecular formula is C13H19N3O. The van der Waals surface area contributed by atoms with Gasteiger partial charge in [-0.2, -0.15) is 5.10 Å². The molecule has 92 valence electrons. The number of hydrogen-bond donors (Lipinski definition) is 2. The third kappa shape index (κ3) is 3.14. The zero-order valence-corrected chi connectivity index (χ0v) is 10.5. The van der Waals surface area contributed by atoms with Gasteiger partial charge in [-0.1, -0.05) is 44.2 Å². The van der Waals surface area contributed by atoms with Gasteiger partial charge < -0.3 is 5.73 Å². The first-order valence-electron chi connectivity index (χ1n) is 5.60. The van der Waals surface area contributed by atoms with Crippen LogP contribution in [0.25, 0.3) is 0 Å².